The van der Waals surface area contributed by atoms with Crippen LogP contribution < -0.4 is 10.4 Å². The highest BCUT2D eigenvalue weighted by Gasteiger charge is 2.52. The van der Waals surface area contributed by atoms with Gasteiger partial charge in [0.25, 0.3) is 0 Å². The molecule has 0 saturated carbocycles. The molecule has 0 N–H and O–H groups in total. The number of morpholine rings is 1. The van der Waals surface area contributed by atoms with Gasteiger partial charge in [0, 0.05) is 24.7 Å². The molecule has 0 aliphatic carbocycles. The Hall–Kier alpha value is -0.815. The highest BCUT2D eigenvalue weighted by Crippen LogP contribution is 2.37. The zero-order valence-electron chi connectivity index (χ0n) is 13.6. The van der Waals surface area contributed by atoms with Gasteiger partial charge in [-0.2, -0.15) is 0 Å². The van der Waals surface area contributed by atoms with Gasteiger partial charge in [-0.25, -0.2) is 4.98 Å². The maximum atomic E-state index is 6.16. The molecular weight excluding hydrogens is 302 g/mol. The molecule has 1 aromatic heterocycles. The van der Waals surface area contributed by atoms with Gasteiger partial charge in [-0.3, -0.25) is 0 Å². The van der Waals surface area contributed by atoms with Crippen molar-refractivity contribution < 1.29 is 14.0 Å². The van der Waals surface area contributed by atoms with Gasteiger partial charge in [-0.1, -0.05) is 11.6 Å². The summed E-state index contributed by atoms with van der Waals surface area (Å²) < 4.78 is 17.7. The van der Waals surface area contributed by atoms with Crippen LogP contribution in [0.1, 0.15) is 27.7 Å². The first-order valence-electron chi connectivity index (χ1n) is 7.64. The van der Waals surface area contributed by atoms with Gasteiger partial charge in [0.15, 0.2) is 0 Å². The Labute approximate surface area is 137 Å². The SMILES string of the molecule is CC1(C)OB(c2cc(Cl)cnc2N2CCOCC2)OC1(C)C. The van der Waals surface area contributed by atoms with Crippen molar-refractivity contribution >= 4 is 30.0 Å². The zero-order valence-corrected chi connectivity index (χ0v) is 14.3. The summed E-state index contributed by atoms with van der Waals surface area (Å²) in [7, 11) is -0.464. The second kappa shape index (κ2) is 5.67. The van der Waals surface area contributed by atoms with Crippen LogP contribution >= 0.6 is 11.6 Å². The van der Waals surface area contributed by atoms with Gasteiger partial charge in [-0.15, -0.1) is 0 Å². The number of hydrogen-bond acceptors (Lipinski definition) is 5. The number of anilines is 1. The lowest BCUT2D eigenvalue weighted by molar-refractivity contribution is 0.00578. The molecule has 120 valence electrons. The minimum Gasteiger partial charge on any atom is -0.399 e. The molecule has 3 rings (SSSR count). The first-order chi connectivity index (χ1) is 10.3. The van der Waals surface area contributed by atoms with E-state index in [1.165, 1.54) is 0 Å². The highest BCUT2D eigenvalue weighted by molar-refractivity contribution is 6.64. The Kier molecular flexibility index (Phi) is 4.14. The fraction of sp³-hybridized carbons (Fsp3) is 0.667. The Bertz CT molecular complexity index is 546. The summed E-state index contributed by atoms with van der Waals surface area (Å²) in [6, 6.07) is 1.89. The summed E-state index contributed by atoms with van der Waals surface area (Å²) in [5, 5.41) is 0.585. The number of aromatic nitrogens is 1. The highest BCUT2D eigenvalue weighted by atomic mass is 35.5. The molecule has 2 aliphatic heterocycles. The normalized spacial score (nSPS) is 23.9. The van der Waals surface area contributed by atoms with E-state index in [1.807, 2.05) is 33.8 Å². The van der Waals surface area contributed by atoms with E-state index in [4.69, 9.17) is 25.6 Å². The third-order valence-corrected chi connectivity index (χ3v) is 4.89. The quantitative estimate of drug-likeness (QED) is 0.777. The third kappa shape index (κ3) is 2.85. The van der Waals surface area contributed by atoms with Crippen LogP contribution in [0.3, 0.4) is 0 Å². The van der Waals surface area contributed by atoms with Crippen LogP contribution in [-0.2, 0) is 14.0 Å². The van der Waals surface area contributed by atoms with Gasteiger partial charge >= 0.3 is 7.12 Å². The lowest BCUT2D eigenvalue weighted by Crippen LogP contribution is -2.44. The average molecular weight is 325 g/mol. The number of pyridine rings is 1. The molecule has 0 atom stereocenters. The van der Waals surface area contributed by atoms with E-state index >= 15 is 0 Å². The van der Waals surface area contributed by atoms with Gasteiger partial charge in [0.2, 0.25) is 0 Å². The van der Waals surface area contributed by atoms with Crippen molar-refractivity contribution in [3.05, 3.63) is 17.3 Å². The van der Waals surface area contributed by atoms with E-state index in [-0.39, 0.29) is 11.2 Å². The average Bonchev–Trinajstić information content (AvgIpc) is 2.68. The predicted molar refractivity (Wildman–Crippen MR) is 88.0 cm³/mol. The number of halogens is 1. The molecule has 3 heterocycles. The van der Waals surface area contributed by atoms with Crippen LogP contribution in [0.15, 0.2) is 12.3 Å². The van der Waals surface area contributed by atoms with E-state index in [0.717, 1.165) is 24.4 Å². The third-order valence-electron chi connectivity index (χ3n) is 4.68. The molecule has 0 radical (unpaired) electrons. The predicted octanol–water partition coefficient (Wildman–Crippen LogP) is 1.87. The number of ether oxygens (including phenoxy) is 1. The summed E-state index contributed by atoms with van der Waals surface area (Å²) in [6.45, 7) is 11.2. The summed E-state index contributed by atoms with van der Waals surface area (Å²) in [6.07, 6.45) is 1.67. The maximum absolute atomic E-state index is 6.16. The van der Waals surface area contributed by atoms with Crippen molar-refractivity contribution in [3.8, 4) is 0 Å². The lowest BCUT2D eigenvalue weighted by atomic mass is 9.79. The first kappa shape index (κ1) is 16.1. The molecule has 2 fully saturated rings. The van der Waals surface area contributed by atoms with Crippen LogP contribution in [0.25, 0.3) is 0 Å². The van der Waals surface area contributed by atoms with E-state index in [9.17, 15) is 0 Å². The first-order valence-corrected chi connectivity index (χ1v) is 8.02. The molecule has 7 heteroatoms. The molecule has 0 unspecified atom stereocenters. The van der Waals surface area contributed by atoms with Gasteiger partial charge < -0.3 is 18.9 Å². The van der Waals surface area contributed by atoms with Crippen LogP contribution in [0.4, 0.5) is 5.82 Å². The summed E-state index contributed by atoms with van der Waals surface area (Å²) in [4.78, 5) is 6.72. The van der Waals surface area contributed by atoms with Crippen LogP contribution in [0.2, 0.25) is 5.02 Å². The molecule has 22 heavy (non-hydrogen) atoms. The van der Waals surface area contributed by atoms with Crippen molar-refractivity contribution in [2.24, 2.45) is 0 Å². The molecule has 1 aromatic rings. The number of nitrogens with zero attached hydrogens (tertiary/aromatic N) is 2. The lowest BCUT2D eigenvalue weighted by Gasteiger charge is -2.32. The van der Waals surface area contributed by atoms with E-state index in [0.29, 0.717) is 18.2 Å². The fourth-order valence-electron chi connectivity index (χ4n) is 2.63. The maximum Gasteiger partial charge on any atom is 0.498 e. The largest absolute Gasteiger partial charge is 0.498 e. The molecular formula is C15H22BClN2O3. The Morgan fingerprint density at radius 3 is 2.32 bits per heavy atom. The van der Waals surface area contributed by atoms with Crippen LogP contribution in [0, 0.1) is 0 Å². The van der Waals surface area contributed by atoms with Crippen molar-refractivity contribution in [1.29, 1.82) is 0 Å². The van der Waals surface area contributed by atoms with Crippen molar-refractivity contribution in [3.63, 3.8) is 0 Å². The molecule has 0 amide bonds. The molecule has 0 aromatic carbocycles. The van der Waals surface area contributed by atoms with E-state index in [2.05, 4.69) is 9.88 Å². The van der Waals surface area contributed by atoms with Gasteiger partial charge in [0.05, 0.1) is 29.4 Å². The Morgan fingerprint density at radius 2 is 1.73 bits per heavy atom. The van der Waals surface area contributed by atoms with E-state index in [1.54, 1.807) is 6.20 Å². The fourth-order valence-corrected chi connectivity index (χ4v) is 2.80. The summed E-state index contributed by atoms with van der Waals surface area (Å²) in [5.41, 5.74) is 0.109. The smallest absolute Gasteiger partial charge is 0.399 e. The Morgan fingerprint density at radius 1 is 1.14 bits per heavy atom. The van der Waals surface area contributed by atoms with E-state index < -0.39 is 7.12 Å². The Balaban J connectivity index is 1.94. The summed E-state index contributed by atoms with van der Waals surface area (Å²) >= 11 is 6.16. The second-order valence-electron chi connectivity index (χ2n) is 6.75. The topological polar surface area (TPSA) is 43.8 Å². The van der Waals surface area contributed by atoms with Crippen molar-refractivity contribution in [2.75, 3.05) is 31.2 Å². The number of rotatable bonds is 2. The molecule has 2 aliphatic rings. The van der Waals surface area contributed by atoms with Gasteiger partial charge in [0.1, 0.15) is 5.82 Å². The minimum absolute atomic E-state index is 0.387. The zero-order chi connectivity index (χ0) is 16.0. The molecule has 5 nitrogen and oxygen atoms in total. The van der Waals surface area contributed by atoms with Gasteiger partial charge in [-0.05, 0) is 33.8 Å². The van der Waals surface area contributed by atoms with Crippen LogP contribution in [0.5, 0.6) is 0 Å². The van der Waals surface area contributed by atoms with Crippen LogP contribution in [-0.4, -0.2) is 49.6 Å². The minimum atomic E-state index is -0.464. The molecule has 0 spiro atoms. The number of hydrogen-bond donors (Lipinski definition) is 0. The summed E-state index contributed by atoms with van der Waals surface area (Å²) in [5.74, 6) is 0.867. The van der Waals surface area contributed by atoms with Crippen molar-refractivity contribution in [2.45, 2.75) is 38.9 Å². The second-order valence-corrected chi connectivity index (χ2v) is 7.19. The molecule has 0 bridgehead atoms. The van der Waals surface area contributed by atoms with Crippen molar-refractivity contribution in [1.82, 2.24) is 4.98 Å². The monoisotopic (exact) mass is 324 g/mol. The molecule has 2 saturated heterocycles. The standard InChI is InChI=1S/C15H22BClN2O3/c1-14(2)15(3,4)22-16(21-14)12-9-11(17)10-18-13(12)19-5-7-20-8-6-19/h9-10H,5-8H2,1-4H3.